The van der Waals surface area contributed by atoms with E-state index in [0.29, 0.717) is 10.8 Å². The maximum absolute atomic E-state index is 11.5. The Morgan fingerprint density at radius 3 is 2.29 bits per heavy atom. The summed E-state index contributed by atoms with van der Waals surface area (Å²) in [5.41, 5.74) is 1.96. The van der Waals surface area contributed by atoms with E-state index in [-0.39, 0.29) is 6.04 Å². The fourth-order valence-electron chi connectivity index (χ4n) is 2.25. The van der Waals surface area contributed by atoms with Gasteiger partial charge in [0.05, 0.1) is 4.90 Å². The molecule has 1 N–H and O–H groups in total. The summed E-state index contributed by atoms with van der Waals surface area (Å²) in [5.74, 6) is 1.42. The summed E-state index contributed by atoms with van der Waals surface area (Å²) in [7, 11) is 0.642. The number of benzene rings is 1. The van der Waals surface area contributed by atoms with Gasteiger partial charge in [0.15, 0.2) is 9.84 Å². The minimum Gasteiger partial charge on any atom is -0.363 e. The van der Waals surface area contributed by atoms with Crippen LogP contribution in [0.25, 0.3) is 0 Å². The maximum atomic E-state index is 11.5. The third-order valence-corrected chi connectivity index (χ3v) is 4.83. The SMILES string of the molecule is CCc1cc(NC(C)c2ccc(S(C)(=O)=O)cc2)nc(N(C)C)n1. The van der Waals surface area contributed by atoms with Crippen LogP contribution in [0.1, 0.15) is 31.1 Å². The monoisotopic (exact) mass is 348 g/mol. The van der Waals surface area contributed by atoms with Crippen molar-refractivity contribution in [3.8, 4) is 0 Å². The zero-order chi connectivity index (χ0) is 17.9. The van der Waals surface area contributed by atoms with Crippen LogP contribution in [0.5, 0.6) is 0 Å². The van der Waals surface area contributed by atoms with E-state index in [1.54, 1.807) is 12.1 Å². The Bertz CT molecular complexity index is 802. The summed E-state index contributed by atoms with van der Waals surface area (Å²) in [6, 6.07) is 8.84. The number of hydrogen-bond donors (Lipinski definition) is 1. The van der Waals surface area contributed by atoms with Crippen LogP contribution < -0.4 is 10.2 Å². The molecule has 0 saturated heterocycles. The van der Waals surface area contributed by atoms with Crippen LogP contribution in [0, 0.1) is 0 Å². The first kappa shape index (κ1) is 18.2. The van der Waals surface area contributed by atoms with E-state index in [1.165, 1.54) is 6.26 Å². The van der Waals surface area contributed by atoms with Crippen LogP contribution in [0.2, 0.25) is 0 Å². The lowest BCUT2D eigenvalue weighted by molar-refractivity contribution is 0.602. The summed E-state index contributed by atoms with van der Waals surface area (Å²) in [6.45, 7) is 4.07. The highest BCUT2D eigenvalue weighted by atomic mass is 32.2. The van der Waals surface area contributed by atoms with E-state index >= 15 is 0 Å². The minimum atomic E-state index is -3.17. The fraction of sp³-hybridized carbons (Fsp3) is 0.412. The molecule has 130 valence electrons. The van der Waals surface area contributed by atoms with Crippen molar-refractivity contribution < 1.29 is 8.42 Å². The topological polar surface area (TPSA) is 75.2 Å². The molecule has 0 saturated carbocycles. The summed E-state index contributed by atoms with van der Waals surface area (Å²) in [5, 5.41) is 3.36. The number of aryl methyl sites for hydroxylation is 1. The van der Waals surface area contributed by atoms with Crippen LogP contribution in [0.4, 0.5) is 11.8 Å². The largest absolute Gasteiger partial charge is 0.363 e. The maximum Gasteiger partial charge on any atom is 0.226 e. The van der Waals surface area contributed by atoms with Crippen molar-refractivity contribution in [2.75, 3.05) is 30.6 Å². The number of rotatable bonds is 6. The molecule has 6 nitrogen and oxygen atoms in total. The summed E-state index contributed by atoms with van der Waals surface area (Å²) in [4.78, 5) is 11.2. The van der Waals surface area contributed by atoms with Crippen LogP contribution in [0.15, 0.2) is 35.2 Å². The predicted octanol–water partition coefficient (Wildman–Crippen LogP) is 2.68. The van der Waals surface area contributed by atoms with E-state index in [4.69, 9.17) is 0 Å². The molecule has 0 amide bonds. The van der Waals surface area contributed by atoms with Crippen LogP contribution >= 0.6 is 0 Å². The molecule has 1 heterocycles. The van der Waals surface area contributed by atoms with Crippen molar-refractivity contribution in [3.63, 3.8) is 0 Å². The normalized spacial score (nSPS) is 12.7. The average molecular weight is 348 g/mol. The molecule has 0 aliphatic carbocycles. The van der Waals surface area contributed by atoms with Gasteiger partial charge in [-0.3, -0.25) is 0 Å². The molecule has 1 aromatic heterocycles. The van der Waals surface area contributed by atoms with E-state index in [2.05, 4.69) is 22.2 Å². The Balaban J connectivity index is 2.23. The second-order valence-corrected chi connectivity index (χ2v) is 8.02. The molecule has 0 fully saturated rings. The van der Waals surface area contributed by atoms with Gasteiger partial charge in [-0.25, -0.2) is 13.4 Å². The van der Waals surface area contributed by atoms with Gasteiger partial charge in [0.2, 0.25) is 5.95 Å². The second kappa shape index (κ2) is 7.17. The first-order chi connectivity index (χ1) is 11.2. The first-order valence-electron chi connectivity index (χ1n) is 7.82. The van der Waals surface area contributed by atoms with Gasteiger partial charge in [0.1, 0.15) is 5.82 Å². The van der Waals surface area contributed by atoms with Crippen LogP contribution in [0.3, 0.4) is 0 Å². The van der Waals surface area contributed by atoms with Gasteiger partial charge in [-0.15, -0.1) is 0 Å². The molecule has 0 aliphatic rings. The van der Waals surface area contributed by atoms with Gasteiger partial charge in [0, 0.05) is 38.2 Å². The molecule has 0 radical (unpaired) electrons. The highest BCUT2D eigenvalue weighted by molar-refractivity contribution is 7.90. The minimum absolute atomic E-state index is 0.00627. The van der Waals surface area contributed by atoms with Crippen molar-refractivity contribution in [3.05, 3.63) is 41.6 Å². The van der Waals surface area contributed by atoms with Crippen molar-refractivity contribution >= 4 is 21.6 Å². The molecule has 7 heteroatoms. The second-order valence-electron chi connectivity index (χ2n) is 6.00. The molecule has 1 atom stereocenters. The van der Waals surface area contributed by atoms with Gasteiger partial charge < -0.3 is 10.2 Å². The van der Waals surface area contributed by atoms with E-state index in [9.17, 15) is 8.42 Å². The molecular formula is C17H24N4O2S. The van der Waals surface area contributed by atoms with Gasteiger partial charge >= 0.3 is 0 Å². The Morgan fingerprint density at radius 1 is 1.17 bits per heavy atom. The Labute approximate surface area is 143 Å². The molecule has 1 aromatic carbocycles. The van der Waals surface area contributed by atoms with Crippen molar-refractivity contribution in [1.29, 1.82) is 0 Å². The molecule has 2 aromatic rings. The van der Waals surface area contributed by atoms with E-state index < -0.39 is 9.84 Å². The van der Waals surface area contributed by atoms with E-state index in [1.807, 2.05) is 44.1 Å². The quantitative estimate of drug-likeness (QED) is 0.865. The molecule has 2 rings (SSSR count). The van der Waals surface area contributed by atoms with Gasteiger partial charge in [-0.2, -0.15) is 4.98 Å². The summed E-state index contributed by atoms with van der Waals surface area (Å²) < 4.78 is 23.1. The molecular weight excluding hydrogens is 324 g/mol. The van der Waals surface area contributed by atoms with E-state index in [0.717, 1.165) is 23.5 Å². The van der Waals surface area contributed by atoms with Crippen LogP contribution in [-0.2, 0) is 16.3 Å². The lowest BCUT2D eigenvalue weighted by Crippen LogP contribution is -2.16. The highest BCUT2D eigenvalue weighted by Gasteiger charge is 2.12. The third kappa shape index (κ3) is 4.44. The summed E-state index contributed by atoms with van der Waals surface area (Å²) in [6.07, 6.45) is 2.04. The predicted molar refractivity (Wildman–Crippen MR) is 97.3 cm³/mol. The standard InChI is InChI=1S/C17H24N4O2S/c1-6-14-11-16(20-17(19-14)21(3)4)18-12(2)13-7-9-15(10-8-13)24(5,22)23/h7-12H,6H2,1-5H3,(H,18,19,20). The van der Waals surface area contributed by atoms with Crippen LogP contribution in [-0.4, -0.2) is 38.7 Å². The van der Waals surface area contributed by atoms with Crippen molar-refractivity contribution in [2.45, 2.75) is 31.2 Å². The third-order valence-electron chi connectivity index (χ3n) is 3.70. The van der Waals surface area contributed by atoms with Gasteiger partial charge in [-0.05, 0) is 31.0 Å². The number of hydrogen-bond acceptors (Lipinski definition) is 6. The number of aromatic nitrogens is 2. The number of nitrogens with one attached hydrogen (secondary N) is 1. The molecule has 0 spiro atoms. The van der Waals surface area contributed by atoms with Gasteiger partial charge in [-0.1, -0.05) is 19.1 Å². The highest BCUT2D eigenvalue weighted by Crippen LogP contribution is 2.21. The van der Waals surface area contributed by atoms with Crippen molar-refractivity contribution in [1.82, 2.24) is 9.97 Å². The molecule has 0 bridgehead atoms. The smallest absolute Gasteiger partial charge is 0.226 e. The summed E-state index contributed by atoms with van der Waals surface area (Å²) >= 11 is 0. The zero-order valence-electron chi connectivity index (χ0n) is 14.7. The Hall–Kier alpha value is -2.15. The molecule has 1 unspecified atom stereocenters. The average Bonchev–Trinajstić information content (AvgIpc) is 2.53. The molecule has 24 heavy (non-hydrogen) atoms. The molecule has 0 aliphatic heterocycles. The van der Waals surface area contributed by atoms with Gasteiger partial charge in [0.25, 0.3) is 0 Å². The fourth-order valence-corrected chi connectivity index (χ4v) is 2.88. The number of nitrogens with zero attached hydrogens (tertiary/aromatic N) is 3. The zero-order valence-corrected chi connectivity index (χ0v) is 15.6. The lowest BCUT2D eigenvalue weighted by Gasteiger charge is -2.18. The lowest BCUT2D eigenvalue weighted by atomic mass is 10.1. The number of anilines is 2. The van der Waals surface area contributed by atoms with Crippen molar-refractivity contribution in [2.24, 2.45) is 0 Å². The number of sulfone groups is 1. The Morgan fingerprint density at radius 2 is 1.79 bits per heavy atom. The first-order valence-corrected chi connectivity index (χ1v) is 9.71. The Kier molecular flexibility index (Phi) is 5.43.